The Hall–Kier alpha value is -3.29. The van der Waals surface area contributed by atoms with Crippen molar-refractivity contribution in [2.75, 3.05) is 19.4 Å². The Morgan fingerprint density at radius 3 is 2.15 bits per heavy atom. The van der Waals surface area contributed by atoms with Crippen LogP contribution >= 0.6 is 0 Å². The van der Waals surface area contributed by atoms with Crippen molar-refractivity contribution in [3.05, 3.63) is 63.6 Å². The van der Waals surface area contributed by atoms with Crippen LogP contribution in [-0.2, 0) is 7.05 Å². The Morgan fingerprint density at radius 2 is 1.64 bits per heavy atom. The SMILES string of the molecule is CC.CNC(=O)c1ccc(C(C)C)n(C)c1=O.CNc1ncnc2c(F)c(C(C)C)ccc12. The van der Waals surface area contributed by atoms with Crippen LogP contribution in [0.3, 0.4) is 0 Å². The van der Waals surface area contributed by atoms with Crippen molar-refractivity contribution in [2.45, 2.75) is 53.4 Å². The smallest absolute Gasteiger partial charge is 0.263 e. The van der Waals surface area contributed by atoms with Crippen LogP contribution in [0.2, 0.25) is 0 Å². The Labute approximate surface area is 195 Å². The fourth-order valence-corrected chi connectivity index (χ4v) is 3.29. The summed E-state index contributed by atoms with van der Waals surface area (Å²) >= 11 is 0. The average Bonchev–Trinajstić information content (AvgIpc) is 2.81. The van der Waals surface area contributed by atoms with Gasteiger partial charge in [0.05, 0.1) is 0 Å². The number of nitrogens with zero attached hydrogens (tertiary/aromatic N) is 3. The van der Waals surface area contributed by atoms with Gasteiger partial charge in [0, 0.05) is 32.2 Å². The predicted octanol–water partition coefficient (Wildman–Crippen LogP) is 4.83. The maximum absolute atomic E-state index is 14.1. The molecule has 0 radical (unpaired) electrons. The zero-order valence-electron chi connectivity index (χ0n) is 21.1. The molecule has 0 unspecified atom stereocenters. The minimum atomic E-state index is -0.342. The second kappa shape index (κ2) is 12.7. The molecule has 0 aliphatic rings. The van der Waals surface area contributed by atoms with Gasteiger partial charge in [0.25, 0.3) is 11.5 Å². The monoisotopic (exact) mass is 457 g/mol. The van der Waals surface area contributed by atoms with Crippen LogP contribution in [0.1, 0.15) is 75.0 Å². The van der Waals surface area contributed by atoms with Crippen molar-refractivity contribution in [3.8, 4) is 0 Å². The molecular formula is C25H36FN5O2. The highest BCUT2D eigenvalue weighted by molar-refractivity contribution is 5.93. The van der Waals surface area contributed by atoms with Crippen molar-refractivity contribution in [1.82, 2.24) is 19.9 Å². The van der Waals surface area contributed by atoms with E-state index in [1.54, 1.807) is 26.2 Å². The number of fused-ring (bicyclic) bond motifs is 1. The van der Waals surface area contributed by atoms with Gasteiger partial charge in [-0.2, -0.15) is 0 Å². The number of hydrogen-bond acceptors (Lipinski definition) is 5. The number of amides is 1. The third kappa shape index (κ3) is 6.37. The molecule has 0 fully saturated rings. The highest BCUT2D eigenvalue weighted by Crippen LogP contribution is 2.27. The zero-order valence-corrected chi connectivity index (χ0v) is 21.1. The normalized spacial score (nSPS) is 10.3. The number of carbonyl (C=O) groups is 1. The highest BCUT2D eigenvalue weighted by atomic mass is 19.1. The molecule has 0 saturated heterocycles. The van der Waals surface area contributed by atoms with Gasteiger partial charge in [-0.05, 0) is 35.6 Å². The molecule has 33 heavy (non-hydrogen) atoms. The first kappa shape index (κ1) is 27.7. The quantitative estimate of drug-likeness (QED) is 0.586. The molecule has 3 aromatic rings. The van der Waals surface area contributed by atoms with Crippen LogP contribution in [0.4, 0.5) is 10.2 Å². The Morgan fingerprint density at radius 1 is 1.00 bits per heavy atom. The zero-order chi connectivity index (χ0) is 25.3. The van der Waals surface area contributed by atoms with Crippen molar-refractivity contribution >= 4 is 22.6 Å². The lowest BCUT2D eigenvalue weighted by atomic mass is 10.0. The van der Waals surface area contributed by atoms with E-state index in [0.717, 1.165) is 5.69 Å². The molecule has 0 bridgehead atoms. The Kier molecular flexibility index (Phi) is 10.7. The summed E-state index contributed by atoms with van der Waals surface area (Å²) in [4.78, 5) is 31.2. The lowest BCUT2D eigenvalue weighted by Gasteiger charge is -2.12. The summed E-state index contributed by atoms with van der Waals surface area (Å²) in [5.41, 5.74) is 1.93. The van der Waals surface area contributed by atoms with Gasteiger partial charge in [-0.15, -0.1) is 0 Å². The van der Waals surface area contributed by atoms with E-state index in [2.05, 4.69) is 20.6 Å². The number of pyridine rings is 1. The lowest BCUT2D eigenvalue weighted by molar-refractivity contribution is 0.0961. The van der Waals surface area contributed by atoms with E-state index >= 15 is 0 Å². The number of benzene rings is 1. The van der Waals surface area contributed by atoms with Crippen molar-refractivity contribution in [1.29, 1.82) is 0 Å². The summed E-state index contributed by atoms with van der Waals surface area (Å²) in [7, 11) is 4.96. The second-order valence-electron chi connectivity index (χ2n) is 7.76. The van der Waals surface area contributed by atoms with Gasteiger partial charge in [0.15, 0.2) is 5.82 Å². The number of anilines is 1. The first-order valence-electron chi connectivity index (χ1n) is 11.2. The van der Waals surface area contributed by atoms with Crippen LogP contribution < -0.4 is 16.2 Å². The van der Waals surface area contributed by atoms with Crippen LogP contribution in [-0.4, -0.2) is 34.5 Å². The van der Waals surface area contributed by atoms with Gasteiger partial charge in [-0.1, -0.05) is 47.6 Å². The summed E-state index contributed by atoms with van der Waals surface area (Å²) in [6.07, 6.45) is 1.38. The molecule has 1 amide bonds. The summed E-state index contributed by atoms with van der Waals surface area (Å²) in [5.74, 6) is 0.482. The third-order valence-corrected chi connectivity index (χ3v) is 5.04. The number of hydrogen-bond donors (Lipinski definition) is 2. The molecule has 7 nitrogen and oxygen atoms in total. The van der Waals surface area contributed by atoms with Crippen LogP contribution in [0.5, 0.6) is 0 Å². The standard InChI is InChI=1S/C12H14FN3.C11H16N2O2.C2H6/c1-7(2)8-4-5-9-11(10(8)13)15-6-16-12(9)14-3;1-7(2)9-6-5-8(10(14)12-3)11(15)13(9)4;1-2/h4-7H,1-3H3,(H,14,15,16);5-7H,1-4H3,(H,12,14);1-2H3. The van der Waals surface area contributed by atoms with Gasteiger partial charge in [-0.25, -0.2) is 14.4 Å². The molecule has 0 aliphatic heterocycles. The number of rotatable bonds is 4. The van der Waals surface area contributed by atoms with E-state index in [-0.39, 0.29) is 34.7 Å². The number of aromatic nitrogens is 3. The molecular weight excluding hydrogens is 421 g/mol. The first-order valence-corrected chi connectivity index (χ1v) is 11.2. The fraction of sp³-hybridized carbons (Fsp3) is 0.440. The van der Waals surface area contributed by atoms with Gasteiger partial charge < -0.3 is 15.2 Å². The third-order valence-electron chi connectivity index (χ3n) is 5.04. The van der Waals surface area contributed by atoms with E-state index in [9.17, 15) is 14.0 Å². The van der Waals surface area contributed by atoms with Crippen molar-refractivity contribution in [3.63, 3.8) is 0 Å². The summed E-state index contributed by atoms with van der Waals surface area (Å²) in [6, 6.07) is 7.05. The van der Waals surface area contributed by atoms with Gasteiger partial charge in [0.1, 0.15) is 23.2 Å². The molecule has 0 atom stereocenters. The van der Waals surface area contributed by atoms with E-state index < -0.39 is 0 Å². The van der Waals surface area contributed by atoms with Gasteiger partial charge in [-0.3, -0.25) is 9.59 Å². The van der Waals surface area contributed by atoms with E-state index in [1.165, 1.54) is 17.9 Å². The van der Waals surface area contributed by atoms with E-state index in [4.69, 9.17) is 0 Å². The van der Waals surface area contributed by atoms with Crippen LogP contribution in [0, 0.1) is 5.82 Å². The topological polar surface area (TPSA) is 88.9 Å². The second-order valence-corrected chi connectivity index (χ2v) is 7.76. The molecule has 0 aliphatic carbocycles. The van der Waals surface area contributed by atoms with Crippen molar-refractivity contribution < 1.29 is 9.18 Å². The predicted molar refractivity (Wildman–Crippen MR) is 134 cm³/mol. The molecule has 0 spiro atoms. The lowest BCUT2D eigenvalue weighted by Crippen LogP contribution is -2.31. The molecule has 0 saturated carbocycles. The maximum atomic E-state index is 14.1. The minimum Gasteiger partial charge on any atom is -0.373 e. The molecule has 2 aromatic heterocycles. The summed E-state index contributed by atoms with van der Waals surface area (Å²) < 4.78 is 15.6. The van der Waals surface area contributed by atoms with E-state index in [1.807, 2.05) is 53.7 Å². The summed E-state index contributed by atoms with van der Waals surface area (Å²) in [6.45, 7) is 11.9. The highest BCUT2D eigenvalue weighted by Gasteiger charge is 2.14. The number of nitrogens with one attached hydrogen (secondary N) is 2. The van der Waals surface area contributed by atoms with Gasteiger partial charge in [0.2, 0.25) is 0 Å². The molecule has 2 heterocycles. The number of carbonyl (C=O) groups excluding carboxylic acids is 1. The van der Waals surface area contributed by atoms with E-state index in [0.29, 0.717) is 22.3 Å². The molecule has 3 rings (SSSR count). The fourth-order valence-electron chi connectivity index (χ4n) is 3.29. The van der Waals surface area contributed by atoms with Crippen LogP contribution in [0.25, 0.3) is 10.9 Å². The Bertz CT molecular complexity index is 1140. The maximum Gasteiger partial charge on any atom is 0.263 e. The first-order chi connectivity index (χ1) is 15.6. The average molecular weight is 458 g/mol. The summed E-state index contributed by atoms with van der Waals surface area (Å²) in [5, 5.41) is 6.09. The Balaban J connectivity index is 0.000000308. The number of halogens is 1. The minimum absolute atomic E-state index is 0.150. The van der Waals surface area contributed by atoms with Crippen molar-refractivity contribution in [2.24, 2.45) is 7.05 Å². The molecule has 180 valence electrons. The van der Waals surface area contributed by atoms with Crippen LogP contribution in [0.15, 0.2) is 35.4 Å². The molecule has 8 heteroatoms. The molecule has 2 N–H and O–H groups in total. The van der Waals surface area contributed by atoms with Gasteiger partial charge >= 0.3 is 0 Å². The largest absolute Gasteiger partial charge is 0.373 e. The molecule has 1 aromatic carbocycles.